The second kappa shape index (κ2) is 6.42. The zero-order valence-electron chi connectivity index (χ0n) is 13.5. The fourth-order valence-electron chi connectivity index (χ4n) is 3.85. The number of urea groups is 1. The van der Waals surface area contributed by atoms with Gasteiger partial charge >= 0.3 is 6.03 Å². The Balaban J connectivity index is 1.65. The lowest BCUT2D eigenvalue weighted by atomic mass is 9.95. The number of benzene rings is 1. The maximum absolute atomic E-state index is 14.0. The predicted molar refractivity (Wildman–Crippen MR) is 95.7 cm³/mol. The Bertz CT molecular complexity index is 959. The molecule has 1 N–H and O–H groups in total. The molecule has 0 saturated carbocycles. The molecule has 4 rings (SSSR count). The van der Waals surface area contributed by atoms with Crippen molar-refractivity contribution in [3.8, 4) is 6.07 Å². The van der Waals surface area contributed by atoms with E-state index in [1.54, 1.807) is 11.0 Å². The zero-order chi connectivity index (χ0) is 18.4. The van der Waals surface area contributed by atoms with E-state index >= 15 is 0 Å². The molecule has 2 aliphatic heterocycles. The predicted octanol–water partition coefficient (Wildman–Crippen LogP) is 4.69. The molecule has 1 saturated heterocycles. The smallest absolute Gasteiger partial charge is 0.314 e. The van der Waals surface area contributed by atoms with Crippen LogP contribution in [-0.2, 0) is 6.42 Å². The molecule has 1 fully saturated rings. The third-order valence-corrected chi connectivity index (χ3v) is 5.72. The van der Waals surface area contributed by atoms with Crippen molar-refractivity contribution in [3.63, 3.8) is 0 Å². The molecule has 2 amide bonds. The molecule has 26 heavy (non-hydrogen) atoms. The summed E-state index contributed by atoms with van der Waals surface area (Å²) in [4.78, 5) is 18.4. The van der Waals surface area contributed by atoms with Crippen molar-refractivity contribution in [1.82, 2.24) is 9.88 Å². The fourth-order valence-corrected chi connectivity index (χ4v) is 4.18. The minimum Gasteiger partial charge on any atom is -0.314 e. The van der Waals surface area contributed by atoms with Crippen molar-refractivity contribution in [3.05, 3.63) is 57.1 Å². The highest BCUT2D eigenvalue weighted by Crippen LogP contribution is 2.44. The number of hydrogen-bond acceptors (Lipinski definition) is 3. The first-order valence-corrected chi connectivity index (χ1v) is 8.87. The van der Waals surface area contributed by atoms with Gasteiger partial charge in [0.2, 0.25) is 5.95 Å². The van der Waals surface area contributed by atoms with Crippen molar-refractivity contribution in [2.75, 3.05) is 5.32 Å². The normalized spacial score (nSPS) is 20.5. The van der Waals surface area contributed by atoms with Crippen molar-refractivity contribution in [2.24, 2.45) is 0 Å². The molecule has 132 valence electrons. The number of nitrogens with zero attached hydrogens (tertiary/aromatic N) is 3. The van der Waals surface area contributed by atoms with Gasteiger partial charge in [0.25, 0.3) is 0 Å². The van der Waals surface area contributed by atoms with Crippen LogP contribution in [0.25, 0.3) is 0 Å². The topological polar surface area (TPSA) is 69.0 Å². The number of carbonyl (C=O) groups is 1. The van der Waals surface area contributed by atoms with Crippen molar-refractivity contribution >= 4 is 34.9 Å². The maximum atomic E-state index is 14.0. The number of halogens is 3. The number of nitriles is 1. The summed E-state index contributed by atoms with van der Waals surface area (Å²) < 4.78 is 14.0. The SMILES string of the molecule is N#Cc1cc(Cl)c(Cl)cc1NC(=O)N1C2CCC1c1ccnc(F)c1C2. The van der Waals surface area contributed by atoms with Crippen LogP contribution in [0, 0.1) is 17.3 Å². The molecule has 2 atom stereocenters. The van der Waals surface area contributed by atoms with Gasteiger partial charge in [0.15, 0.2) is 0 Å². The monoisotopic (exact) mass is 390 g/mol. The molecule has 2 aromatic rings. The molecule has 0 spiro atoms. The fraction of sp³-hybridized carbons (Fsp3) is 0.278. The maximum Gasteiger partial charge on any atom is 0.322 e. The average Bonchev–Trinajstić information content (AvgIpc) is 2.94. The first-order valence-electron chi connectivity index (χ1n) is 8.11. The number of carbonyl (C=O) groups excluding carboxylic acids is 1. The van der Waals surface area contributed by atoms with Crippen LogP contribution in [0.5, 0.6) is 0 Å². The number of nitrogens with one attached hydrogen (secondary N) is 1. The Morgan fingerprint density at radius 2 is 2.12 bits per heavy atom. The summed E-state index contributed by atoms with van der Waals surface area (Å²) in [6.45, 7) is 0. The van der Waals surface area contributed by atoms with Gasteiger partial charge in [-0.15, -0.1) is 0 Å². The van der Waals surface area contributed by atoms with E-state index in [1.165, 1.54) is 18.3 Å². The van der Waals surface area contributed by atoms with Gasteiger partial charge in [-0.2, -0.15) is 9.65 Å². The van der Waals surface area contributed by atoms with Crippen LogP contribution >= 0.6 is 23.2 Å². The minimum atomic E-state index is -0.462. The Kier molecular flexibility index (Phi) is 4.22. The summed E-state index contributed by atoms with van der Waals surface area (Å²) in [5, 5.41) is 12.5. The summed E-state index contributed by atoms with van der Waals surface area (Å²) >= 11 is 11.9. The summed E-state index contributed by atoms with van der Waals surface area (Å²) in [6.07, 6.45) is 3.42. The van der Waals surface area contributed by atoms with E-state index in [0.29, 0.717) is 17.7 Å². The number of amides is 2. The molecule has 1 aromatic carbocycles. The molecule has 0 aliphatic carbocycles. The average molecular weight is 391 g/mol. The van der Waals surface area contributed by atoms with Crippen LogP contribution in [0.2, 0.25) is 10.0 Å². The molecule has 5 nitrogen and oxygen atoms in total. The van der Waals surface area contributed by atoms with Gasteiger partial charge in [-0.05, 0) is 43.0 Å². The number of anilines is 1. The highest BCUT2D eigenvalue weighted by atomic mass is 35.5. The second-order valence-electron chi connectivity index (χ2n) is 6.38. The van der Waals surface area contributed by atoms with Crippen LogP contribution in [0.3, 0.4) is 0 Å². The van der Waals surface area contributed by atoms with Crippen molar-refractivity contribution < 1.29 is 9.18 Å². The molecule has 0 radical (unpaired) electrons. The second-order valence-corrected chi connectivity index (χ2v) is 7.20. The molecule has 2 bridgehead atoms. The van der Waals surface area contributed by atoms with Crippen LogP contribution < -0.4 is 5.32 Å². The Morgan fingerprint density at radius 3 is 2.88 bits per heavy atom. The molecular weight excluding hydrogens is 378 g/mol. The van der Waals surface area contributed by atoms with E-state index in [2.05, 4.69) is 10.3 Å². The number of fused-ring (bicyclic) bond motifs is 4. The highest BCUT2D eigenvalue weighted by Gasteiger charge is 2.43. The third-order valence-electron chi connectivity index (χ3n) is 5.00. The standard InChI is InChI=1S/C18H13Cl2FN4O/c19-13-5-9(8-22)15(7-14(13)20)24-18(26)25-10-1-2-16(25)11-3-4-23-17(21)12(11)6-10/h3-5,7,10,16H,1-2,6H2,(H,24,26). The van der Waals surface area contributed by atoms with Gasteiger partial charge in [-0.25, -0.2) is 9.78 Å². The van der Waals surface area contributed by atoms with Gasteiger partial charge in [0.1, 0.15) is 6.07 Å². The van der Waals surface area contributed by atoms with E-state index in [9.17, 15) is 14.4 Å². The molecule has 2 aliphatic rings. The van der Waals surface area contributed by atoms with Crippen LogP contribution in [0.4, 0.5) is 14.9 Å². The first-order chi connectivity index (χ1) is 12.5. The Labute approximate surface area is 159 Å². The molecule has 3 heterocycles. The van der Waals surface area contributed by atoms with Gasteiger partial charge < -0.3 is 10.2 Å². The number of pyridine rings is 1. The van der Waals surface area contributed by atoms with Crippen molar-refractivity contribution in [2.45, 2.75) is 31.3 Å². The van der Waals surface area contributed by atoms with E-state index in [0.717, 1.165) is 18.4 Å². The van der Waals surface area contributed by atoms with Gasteiger partial charge in [0.05, 0.1) is 27.3 Å². The molecular formula is C18H13Cl2FN4O. The van der Waals surface area contributed by atoms with Crippen LogP contribution in [-0.4, -0.2) is 22.0 Å². The summed E-state index contributed by atoms with van der Waals surface area (Å²) in [5.74, 6) is -0.462. The van der Waals surface area contributed by atoms with E-state index < -0.39 is 5.95 Å². The van der Waals surface area contributed by atoms with Gasteiger partial charge in [-0.1, -0.05) is 23.2 Å². The third kappa shape index (κ3) is 2.68. The zero-order valence-corrected chi connectivity index (χ0v) is 15.0. The Hall–Kier alpha value is -2.36. The van der Waals surface area contributed by atoms with Crippen LogP contribution in [0.15, 0.2) is 24.4 Å². The lowest BCUT2D eigenvalue weighted by molar-refractivity contribution is 0.178. The largest absolute Gasteiger partial charge is 0.322 e. The summed E-state index contributed by atoms with van der Waals surface area (Å²) in [6, 6.07) is 6.01. The lowest BCUT2D eigenvalue weighted by Gasteiger charge is -2.36. The van der Waals surface area contributed by atoms with Gasteiger partial charge in [0, 0.05) is 17.8 Å². The summed E-state index contributed by atoms with van der Waals surface area (Å²) in [7, 11) is 0. The molecule has 8 heteroatoms. The number of aromatic nitrogens is 1. The Morgan fingerprint density at radius 1 is 1.35 bits per heavy atom. The minimum absolute atomic E-state index is 0.0977. The van der Waals surface area contributed by atoms with Crippen LogP contribution in [0.1, 0.15) is 35.6 Å². The van der Waals surface area contributed by atoms with E-state index in [-0.39, 0.29) is 33.7 Å². The summed E-state index contributed by atoms with van der Waals surface area (Å²) in [5.41, 5.74) is 1.93. The quantitative estimate of drug-likeness (QED) is 0.717. The first kappa shape index (κ1) is 17.1. The molecule has 2 unspecified atom stereocenters. The van der Waals surface area contributed by atoms with Crippen molar-refractivity contribution in [1.29, 1.82) is 5.26 Å². The van der Waals surface area contributed by atoms with Gasteiger partial charge in [-0.3, -0.25) is 0 Å². The number of rotatable bonds is 1. The van der Waals surface area contributed by atoms with E-state index in [1.807, 2.05) is 6.07 Å². The molecule has 1 aromatic heterocycles. The highest BCUT2D eigenvalue weighted by molar-refractivity contribution is 6.42. The number of hydrogen-bond donors (Lipinski definition) is 1. The lowest BCUT2D eigenvalue weighted by Crippen LogP contribution is -2.44. The van der Waals surface area contributed by atoms with E-state index in [4.69, 9.17) is 23.2 Å².